The van der Waals surface area contributed by atoms with Gasteiger partial charge in [0.1, 0.15) is 11.5 Å². The molecule has 2 heterocycles. The van der Waals surface area contributed by atoms with Gasteiger partial charge in [0.15, 0.2) is 8.03 Å². The number of hydrogen-bond acceptors (Lipinski definition) is 3. The molecule has 0 saturated heterocycles. The number of furan rings is 2. The molecule has 2 aromatic heterocycles. The van der Waals surface area contributed by atoms with Crippen LogP contribution in [0.1, 0.15) is 23.9 Å². The molecule has 1 N–H and O–H groups in total. The maximum Gasteiger partial charge on any atom is 0.189 e. The molecular formula is C12H15O4P. The van der Waals surface area contributed by atoms with Gasteiger partial charge in [-0.15, -0.1) is 0 Å². The van der Waals surface area contributed by atoms with Gasteiger partial charge in [0, 0.05) is 18.5 Å². The van der Waals surface area contributed by atoms with Crippen LogP contribution in [0, 0.1) is 0 Å². The highest BCUT2D eigenvalue weighted by Crippen LogP contribution is 2.30. The van der Waals surface area contributed by atoms with Gasteiger partial charge in [-0.3, -0.25) is 4.57 Å². The molecule has 0 radical (unpaired) electrons. The van der Waals surface area contributed by atoms with E-state index in [1.54, 1.807) is 18.6 Å². The molecule has 0 amide bonds. The van der Waals surface area contributed by atoms with Crippen molar-refractivity contribution in [1.29, 1.82) is 0 Å². The molecule has 0 saturated carbocycles. The molecule has 0 aliphatic carbocycles. The summed E-state index contributed by atoms with van der Waals surface area (Å²) < 4.78 is 21.5. The summed E-state index contributed by atoms with van der Waals surface area (Å²) in [5.74, 6) is 1.63. The fraction of sp³-hybridized carbons (Fsp3) is 0.333. The molecule has 5 heteroatoms. The zero-order valence-corrected chi connectivity index (χ0v) is 10.3. The van der Waals surface area contributed by atoms with Crippen molar-refractivity contribution in [3.63, 3.8) is 0 Å². The Kier molecular flexibility index (Phi) is 4.24. The largest absolute Gasteiger partial charge is 0.469 e. The van der Waals surface area contributed by atoms with Gasteiger partial charge in [0.2, 0.25) is 0 Å². The summed E-state index contributed by atoms with van der Waals surface area (Å²) in [6, 6.07) is 7.38. The van der Waals surface area contributed by atoms with E-state index in [1.165, 1.54) is 0 Å². The Bertz CT molecular complexity index is 447. The van der Waals surface area contributed by atoms with Crippen molar-refractivity contribution in [2.24, 2.45) is 0 Å². The highest BCUT2D eigenvalue weighted by Gasteiger charge is 2.17. The zero-order chi connectivity index (χ0) is 12.1. The predicted octanol–water partition coefficient (Wildman–Crippen LogP) is 3.06. The van der Waals surface area contributed by atoms with Crippen LogP contribution in [0.4, 0.5) is 0 Å². The molecule has 17 heavy (non-hydrogen) atoms. The van der Waals surface area contributed by atoms with Gasteiger partial charge in [0.25, 0.3) is 0 Å². The van der Waals surface area contributed by atoms with Crippen LogP contribution >= 0.6 is 8.03 Å². The highest BCUT2D eigenvalue weighted by atomic mass is 31.1. The van der Waals surface area contributed by atoms with Crippen LogP contribution in [0.3, 0.4) is 0 Å². The Morgan fingerprint density at radius 3 is 2.59 bits per heavy atom. The van der Waals surface area contributed by atoms with E-state index in [0.717, 1.165) is 24.4 Å². The molecular weight excluding hydrogens is 239 g/mol. The third kappa shape index (κ3) is 3.62. The first-order chi connectivity index (χ1) is 8.25. The number of hydrogen-bond donors (Lipinski definition) is 1. The normalized spacial score (nSPS) is 14.6. The molecule has 2 atom stereocenters. The van der Waals surface area contributed by atoms with Crippen LogP contribution in [0.2, 0.25) is 0 Å². The maximum atomic E-state index is 11.0. The van der Waals surface area contributed by atoms with Gasteiger partial charge in [-0.05, 0) is 30.7 Å². The second kappa shape index (κ2) is 5.89. The Morgan fingerprint density at radius 2 is 2.00 bits per heavy atom. The molecule has 0 fully saturated rings. The first kappa shape index (κ1) is 12.2. The second-order valence-electron chi connectivity index (χ2n) is 3.93. The Hall–Kier alpha value is -1.25. The summed E-state index contributed by atoms with van der Waals surface area (Å²) in [6.07, 6.45) is 4.97. The second-order valence-corrected chi connectivity index (χ2v) is 5.12. The SMILES string of the molecule is O=[PH](O)CC(CCc1ccco1)c1ccco1. The molecule has 2 rings (SSSR count). The van der Waals surface area contributed by atoms with Crippen molar-refractivity contribution in [1.82, 2.24) is 0 Å². The van der Waals surface area contributed by atoms with E-state index in [9.17, 15) is 4.57 Å². The molecule has 0 aliphatic rings. The van der Waals surface area contributed by atoms with Crippen LogP contribution in [-0.4, -0.2) is 11.1 Å². The Morgan fingerprint density at radius 1 is 1.24 bits per heavy atom. The quantitative estimate of drug-likeness (QED) is 0.804. The van der Waals surface area contributed by atoms with E-state index >= 15 is 0 Å². The summed E-state index contributed by atoms with van der Waals surface area (Å²) >= 11 is 0. The van der Waals surface area contributed by atoms with Gasteiger partial charge < -0.3 is 13.7 Å². The van der Waals surface area contributed by atoms with E-state index in [2.05, 4.69) is 0 Å². The molecule has 2 aromatic rings. The van der Waals surface area contributed by atoms with Gasteiger partial charge in [0.05, 0.1) is 12.5 Å². The van der Waals surface area contributed by atoms with Crippen molar-refractivity contribution in [3.05, 3.63) is 48.3 Å². The van der Waals surface area contributed by atoms with Crippen LogP contribution < -0.4 is 0 Å². The molecule has 2 unspecified atom stereocenters. The van der Waals surface area contributed by atoms with Crippen LogP contribution in [0.5, 0.6) is 0 Å². The zero-order valence-electron chi connectivity index (χ0n) is 9.33. The lowest BCUT2D eigenvalue weighted by Crippen LogP contribution is -2.02. The summed E-state index contributed by atoms with van der Waals surface area (Å²) in [5, 5.41) is 0. The molecule has 92 valence electrons. The van der Waals surface area contributed by atoms with E-state index in [4.69, 9.17) is 13.7 Å². The van der Waals surface area contributed by atoms with Crippen LogP contribution in [0.25, 0.3) is 0 Å². The van der Waals surface area contributed by atoms with Crippen LogP contribution in [0.15, 0.2) is 45.6 Å². The van der Waals surface area contributed by atoms with Gasteiger partial charge >= 0.3 is 0 Å². The summed E-state index contributed by atoms with van der Waals surface area (Å²) in [4.78, 5) is 9.06. The monoisotopic (exact) mass is 254 g/mol. The van der Waals surface area contributed by atoms with Crippen molar-refractivity contribution in [2.45, 2.75) is 18.8 Å². The maximum absolute atomic E-state index is 11.0. The third-order valence-corrected chi connectivity index (χ3v) is 3.53. The molecule has 0 spiro atoms. The fourth-order valence-corrected chi connectivity index (χ4v) is 2.68. The van der Waals surface area contributed by atoms with Gasteiger partial charge in [-0.25, -0.2) is 0 Å². The first-order valence-corrected chi connectivity index (χ1v) is 7.09. The Balaban J connectivity index is 1.98. The molecule has 0 bridgehead atoms. The van der Waals surface area contributed by atoms with Crippen molar-refractivity contribution < 1.29 is 18.3 Å². The standard InChI is InChI=1S/C12H15O4P/c13-17(14)9-10(12-4-2-8-16-12)5-6-11-3-1-7-15-11/h1-4,7-8,10,17H,5-6,9H2,(H,13,14). The highest BCUT2D eigenvalue weighted by molar-refractivity contribution is 7.38. The first-order valence-electron chi connectivity index (χ1n) is 5.53. The van der Waals surface area contributed by atoms with Gasteiger partial charge in [-0.2, -0.15) is 0 Å². The summed E-state index contributed by atoms with van der Waals surface area (Å²) in [7, 11) is -2.49. The van der Waals surface area contributed by atoms with Crippen LogP contribution in [-0.2, 0) is 11.0 Å². The minimum atomic E-state index is -2.49. The fourth-order valence-electron chi connectivity index (χ4n) is 1.85. The average molecular weight is 254 g/mol. The van der Waals surface area contributed by atoms with Crippen molar-refractivity contribution >= 4 is 8.03 Å². The summed E-state index contributed by atoms with van der Waals surface area (Å²) in [6.45, 7) is 0. The van der Waals surface area contributed by atoms with E-state index < -0.39 is 8.03 Å². The average Bonchev–Trinajstić information content (AvgIpc) is 2.96. The third-order valence-electron chi connectivity index (χ3n) is 2.69. The van der Waals surface area contributed by atoms with Gasteiger partial charge in [-0.1, -0.05) is 0 Å². The number of rotatable bonds is 6. The van der Waals surface area contributed by atoms with Crippen molar-refractivity contribution in [2.75, 3.05) is 6.16 Å². The van der Waals surface area contributed by atoms with E-state index in [-0.39, 0.29) is 12.1 Å². The Labute approximate surface area is 100 Å². The lowest BCUT2D eigenvalue weighted by molar-refractivity contribution is 0.433. The van der Waals surface area contributed by atoms with E-state index in [0.29, 0.717) is 0 Å². The minimum absolute atomic E-state index is 0.0218. The number of aryl methyl sites for hydroxylation is 1. The molecule has 0 aromatic carbocycles. The predicted molar refractivity (Wildman–Crippen MR) is 64.6 cm³/mol. The molecule has 0 aliphatic heterocycles. The smallest absolute Gasteiger partial charge is 0.189 e. The lowest BCUT2D eigenvalue weighted by atomic mass is 10.0. The van der Waals surface area contributed by atoms with Crippen molar-refractivity contribution in [3.8, 4) is 0 Å². The lowest BCUT2D eigenvalue weighted by Gasteiger charge is -2.11. The summed E-state index contributed by atoms with van der Waals surface area (Å²) in [5.41, 5.74) is 0. The van der Waals surface area contributed by atoms with E-state index in [1.807, 2.05) is 18.2 Å². The minimum Gasteiger partial charge on any atom is -0.469 e. The topological polar surface area (TPSA) is 63.6 Å². The molecule has 4 nitrogen and oxygen atoms in total.